The van der Waals surface area contributed by atoms with Crippen molar-refractivity contribution in [2.24, 2.45) is 0 Å². The second kappa shape index (κ2) is 33.3. The Balaban J connectivity index is 0.000000153. The third-order valence-corrected chi connectivity index (χ3v) is 24.5. The topological polar surface area (TPSA) is 96.9 Å². The maximum absolute atomic E-state index is 5.18. The van der Waals surface area contributed by atoms with Gasteiger partial charge in [0.1, 0.15) is 0 Å². The van der Waals surface area contributed by atoms with Gasteiger partial charge in [0.15, 0.2) is 34.9 Å². The van der Waals surface area contributed by atoms with E-state index >= 15 is 0 Å². The van der Waals surface area contributed by atoms with Gasteiger partial charge in [0, 0.05) is 127 Å². The van der Waals surface area contributed by atoms with E-state index in [2.05, 4.69) is 394 Å². The molecular formula is C114H77N11S. The highest BCUT2D eigenvalue weighted by molar-refractivity contribution is 7.26. The molecule has 126 heavy (non-hydrogen) atoms. The lowest BCUT2D eigenvalue weighted by atomic mass is 10.0. The summed E-state index contributed by atoms with van der Waals surface area (Å²) in [6.45, 7) is 0. The molecule has 18 aromatic carbocycles. The Morgan fingerprint density at radius 3 is 0.881 bits per heavy atom. The predicted molar refractivity (Wildman–Crippen MR) is 523 cm³/mol. The molecule has 0 atom stereocenters. The first-order valence-electron chi connectivity index (χ1n) is 42.2. The van der Waals surface area contributed by atoms with Crippen LogP contribution in [0.15, 0.2) is 467 Å². The lowest BCUT2D eigenvalue weighted by Crippen LogP contribution is -2.09. The molecule has 0 saturated carbocycles. The molecule has 0 aliphatic heterocycles. The minimum atomic E-state index is 0.637. The third-order valence-electron chi connectivity index (χ3n) is 23.2. The number of hydrogen-bond acceptors (Lipinski definition) is 10. The molecule has 594 valence electrons. The number of aromatic nitrogens is 8. The van der Waals surface area contributed by atoms with Crippen molar-refractivity contribution in [1.82, 2.24) is 39.0 Å². The Labute approximate surface area is 733 Å². The summed E-state index contributed by atoms with van der Waals surface area (Å²) in [5, 5.41) is 7.06. The van der Waals surface area contributed by atoms with Crippen LogP contribution in [0.5, 0.6) is 0 Å². The van der Waals surface area contributed by atoms with Gasteiger partial charge in [-0.15, -0.1) is 11.3 Å². The molecule has 23 rings (SSSR count). The molecule has 0 saturated heterocycles. The standard InChI is InChI=1S/C63H42N6S.C51H35N5/c1-7-21-43(22-8-1)61-64-62(44-23-9-2-10-24-44)66-63(65-61)53-35-19-33-51-52-34-20-36-58(60(52)70-59(51)53)69-56-39-37-49(67(45-25-11-3-12-26-45)46-27-13-4-14-28-46)41-54(56)55-42-50(38-40-57(55)69)68(47-29-15-5-16-30-47)48-31-17-6-18-32-48;1-5-15-37(16-6-1)49-52-50(38-17-7-2-8-18-38)54-51(53-49)39-27-32-44(33-28-39)56-47-24-14-13-23-45(47)46-35-40(29-34-48(46)56)36-25-30-43(31-26-36)55(41-19-9-3-10-20-41)42-21-11-4-12-22-42/h1-42H;1-35H. The summed E-state index contributed by atoms with van der Waals surface area (Å²) in [5.74, 6) is 3.86. The van der Waals surface area contributed by atoms with Gasteiger partial charge in [-0.2, -0.15) is 0 Å². The molecule has 12 heteroatoms. The molecule has 0 bridgehead atoms. The lowest BCUT2D eigenvalue weighted by molar-refractivity contribution is 1.07. The normalized spacial score (nSPS) is 11.3. The van der Waals surface area contributed by atoms with Crippen molar-refractivity contribution >= 4 is 126 Å². The van der Waals surface area contributed by atoms with Gasteiger partial charge in [-0.1, -0.05) is 291 Å². The van der Waals surface area contributed by atoms with Crippen LogP contribution in [-0.2, 0) is 0 Å². The number of anilines is 9. The molecule has 0 spiro atoms. The molecule has 5 heterocycles. The van der Waals surface area contributed by atoms with Gasteiger partial charge in [-0.25, -0.2) is 29.9 Å². The minimum absolute atomic E-state index is 0.637. The van der Waals surface area contributed by atoms with Gasteiger partial charge < -0.3 is 23.8 Å². The maximum Gasteiger partial charge on any atom is 0.165 e. The highest BCUT2D eigenvalue weighted by atomic mass is 32.1. The van der Waals surface area contributed by atoms with Crippen LogP contribution in [0.3, 0.4) is 0 Å². The Morgan fingerprint density at radius 2 is 0.460 bits per heavy atom. The van der Waals surface area contributed by atoms with Crippen LogP contribution in [0.25, 0.3) is 155 Å². The lowest BCUT2D eigenvalue weighted by Gasteiger charge is -2.26. The Kier molecular flexibility index (Phi) is 19.9. The Hall–Kier alpha value is -16.8. The summed E-state index contributed by atoms with van der Waals surface area (Å²) in [6, 6.07) is 164. The van der Waals surface area contributed by atoms with Crippen LogP contribution in [0.4, 0.5) is 51.2 Å². The summed E-state index contributed by atoms with van der Waals surface area (Å²) in [6.07, 6.45) is 0. The average molecular weight is 1630 g/mol. The number of para-hydroxylation sites is 7. The summed E-state index contributed by atoms with van der Waals surface area (Å²) >= 11 is 1.80. The smallest absolute Gasteiger partial charge is 0.165 e. The third kappa shape index (κ3) is 14.5. The zero-order chi connectivity index (χ0) is 83.6. The van der Waals surface area contributed by atoms with Gasteiger partial charge in [0.2, 0.25) is 0 Å². The van der Waals surface area contributed by atoms with E-state index in [4.69, 9.17) is 29.9 Å². The minimum Gasteiger partial charge on any atom is -0.311 e. The van der Waals surface area contributed by atoms with E-state index in [1.807, 2.05) is 97.1 Å². The zero-order valence-electron chi connectivity index (χ0n) is 68.3. The van der Waals surface area contributed by atoms with Gasteiger partial charge >= 0.3 is 0 Å². The number of rotatable bonds is 18. The van der Waals surface area contributed by atoms with Crippen LogP contribution >= 0.6 is 11.3 Å². The molecule has 0 aliphatic rings. The molecule has 23 aromatic rings. The fraction of sp³-hybridized carbons (Fsp3) is 0. The van der Waals surface area contributed by atoms with E-state index in [1.54, 1.807) is 11.3 Å². The zero-order valence-corrected chi connectivity index (χ0v) is 69.1. The highest BCUT2D eigenvalue weighted by Crippen LogP contribution is 2.48. The number of thiophene rings is 1. The molecular weight excluding hydrogens is 1560 g/mol. The van der Waals surface area contributed by atoms with Crippen LogP contribution in [0.2, 0.25) is 0 Å². The van der Waals surface area contributed by atoms with Crippen molar-refractivity contribution < 1.29 is 0 Å². The predicted octanol–water partition coefficient (Wildman–Crippen LogP) is 30.4. The quantitative estimate of drug-likeness (QED) is 0.0832. The van der Waals surface area contributed by atoms with E-state index in [0.717, 1.165) is 139 Å². The van der Waals surface area contributed by atoms with Crippen molar-refractivity contribution in [3.63, 3.8) is 0 Å². The van der Waals surface area contributed by atoms with Crippen LogP contribution in [0.1, 0.15) is 0 Å². The molecule has 0 N–H and O–H groups in total. The number of fused-ring (bicyclic) bond motifs is 9. The van der Waals surface area contributed by atoms with Gasteiger partial charge in [-0.3, -0.25) is 0 Å². The van der Waals surface area contributed by atoms with Crippen molar-refractivity contribution in [3.8, 4) is 90.8 Å². The monoisotopic (exact) mass is 1630 g/mol. The van der Waals surface area contributed by atoms with E-state index < -0.39 is 0 Å². The first-order valence-corrected chi connectivity index (χ1v) is 43.0. The average Bonchev–Trinajstić information content (AvgIpc) is 1.56. The van der Waals surface area contributed by atoms with Crippen molar-refractivity contribution in [3.05, 3.63) is 467 Å². The maximum atomic E-state index is 5.18. The molecule has 0 fully saturated rings. The Bertz CT molecular complexity index is 7470. The fourth-order valence-corrected chi connectivity index (χ4v) is 18.7. The molecule has 11 nitrogen and oxygen atoms in total. The van der Waals surface area contributed by atoms with E-state index in [0.29, 0.717) is 34.9 Å². The number of nitrogens with zero attached hydrogens (tertiary/aromatic N) is 11. The van der Waals surface area contributed by atoms with Crippen LogP contribution in [0, 0.1) is 0 Å². The molecule has 0 unspecified atom stereocenters. The van der Waals surface area contributed by atoms with Crippen LogP contribution < -0.4 is 14.7 Å². The van der Waals surface area contributed by atoms with E-state index in [1.165, 1.54) is 32.0 Å². The van der Waals surface area contributed by atoms with Crippen molar-refractivity contribution in [1.29, 1.82) is 0 Å². The highest BCUT2D eigenvalue weighted by Gasteiger charge is 2.26. The van der Waals surface area contributed by atoms with Crippen molar-refractivity contribution in [2.45, 2.75) is 0 Å². The van der Waals surface area contributed by atoms with E-state index in [-0.39, 0.29) is 0 Å². The molecule has 0 aliphatic carbocycles. The second-order valence-corrected chi connectivity index (χ2v) is 32.0. The van der Waals surface area contributed by atoms with E-state index in [9.17, 15) is 0 Å². The molecule has 5 aromatic heterocycles. The van der Waals surface area contributed by atoms with Crippen LogP contribution in [-0.4, -0.2) is 39.0 Å². The Morgan fingerprint density at radius 1 is 0.175 bits per heavy atom. The summed E-state index contributed by atoms with van der Waals surface area (Å²) in [4.78, 5) is 37.1. The number of hydrogen-bond donors (Lipinski definition) is 0. The largest absolute Gasteiger partial charge is 0.311 e. The first kappa shape index (κ1) is 75.4. The SMILES string of the molecule is c1ccc(-c2nc(-c3ccccc3)nc(-c3ccc(-n4c5ccccc5c5cc(-c6ccc(N(c7ccccc7)c7ccccc7)cc6)ccc54)cc3)n2)cc1.c1ccc(-c2nc(-c3ccccc3)nc(-c3cccc4c3sc3c(-n5c6ccc(N(c7ccccc7)c7ccccc7)cc6c6cc(N(c7ccccc7)c7ccccc7)ccc65)cccc34)n2)cc1. The summed E-state index contributed by atoms with van der Waals surface area (Å²) in [5.41, 5.74) is 24.6. The van der Waals surface area contributed by atoms with Gasteiger partial charge in [0.25, 0.3) is 0 Å². The van der Waals surface area contributed by atoms with Gasteiger partial charge in [0.05, 0.1) is 32.5 Å². The first-order chi connectivity index (χ1) is 62.5. The number of benzene rings is 18. The summed E-state index contributed by atoms with van der Waals surface area (Å²) < 4.78 is 7.12. The fourth-order valence-electron chi connectivity index (χ4n) is 17.4. The molecule has 0 amide bonds. The van der Waals surface area contributed by atoms with Crippen molar-refractivity contribution in [2.75, 3.05) is 14.7 Å². The summed E-state index contributed by atoms with van der Waals surface area (Å²) in [7, 11) is 0. The molecule has 0 radical (unpaired) electrons. The second-order valence-electron chi connectivity index (χ2n) is 31.0. The van der Waals surface area contributed by atoms with Gasteiger partial charge in [-0.05, 0) is 187 Å².